The van der Waals surface area contributed by atoms with E-state index in [1.165, 1.54) is 4.90 Å². The number of nitrogens with zero attached hydrogens (tertiary/aromatic N) is 1. The molecule has 4 rings (SSSR count). The van der Waals surface area contributed by atoms with Crippen LogP contribution < -0.4 is 0 Å². The van der Waals surface area contributed by atoms with Gasteiger partial charge in [-0.2, -0.15) is 26.3 Å². The first kappa shape index (κ1) is 33.1. The highest BCUT2D eigenvalue weighted by molar-refractivity contribution is 7.92. The summed E-state index contributed by atoms with van der Waals surface area (Å²) in [5.41, 5.74) is -7.83. The third-order valence-electron chi connectivity index (χ3n) is 8.40. The van der Waals surface area contributed by atoms with Crippen molar-refractivity contribution in [3.63, 3.8) is 0 Å². The van der Waals surface area contributed by atoms with E-state index in [0.29, 0.717) is 12.1 Å². The monoisotopic (exact) mass is 661 g/mol. The van der Waals surface area contributed by atoms with Crippen LogP contribution in [0.25, 0.3) is 0 Å². The lowest BCUT2D eigenvalue weighted by Crippen LogP contribution is -2.50. The van der Waals surface area contributed by atoms with Crippen LogP contribution in [-0.4, -0.2) is 64.6 Å². The minimum Gasteiger partial charge on any atom is -0.340 e. The second-order valence-corrected chi connectivity index (χ2v) is 15.6. The van der Waals surface area contributed by atoms with Crippen LogP contribution in [0.5, 0.6) is 0 Å². The van der Waals surface area contributed by atoms with Gasteiger partial charge in [-0.25, -0.2) is 25.6 Å². The molecule has 1 unspecified atom stereocenters. The van der Waals surface area contributed by atoms with E-state index < -0.39 is 82.3 Å². The summed E-state index contributed by atoms with van der Waals surface area (Å²) < 4.78 is 158. The van der Waals surface area contributed by atoms with Crippen molar-refractivity contribution in [2.75, 3.05) is 19.3 Å². The Labute approximate surface area is 242 Å². The molecule has 0 spiro atoms. The van der Waals surface area contributed by atoms with Crippen molar-refractivity contribution in [1.82, 2.24) is 4.90 Å². The van der Waals surface area contributed by atoms with E-state index >= 15 is 0 Å². The molecule has 0 radical (unpaired) electrons. The van der Waals surface area contributed by atoms with Gasteiger partial charge in [-0.1, -0.05) is 24.3 Å². The Morgan fingerprint density at radius 1 is 0.814 bits per heavy atom. The van der Waals surface area contributed by atoms with E-state index in [4.69, 9.17) is 0 Å². The second kappa shape index (κ2) is 11.0. The average molecular weight is 662 g/mol. The molecule has 1 saturated carbocycles. The summed E-state index contributed by atoms with van der Waals surface area (Å²) in [5, 5.41) is -0.623. The molecule has 2 aromatic rings. The highest BCUT2D eigenvalue weighted by Crippen LogP contribution is 2.54. The van der Waals surface area contributed by atoms with Gasteiger partial charge in [0.05, 0.1) is 10.1 Å². The van der Waals surface area contributed by atoms with Gasteiger partial charge in [0.2, 0.25) is 5.91 Å². The van der Waals surface area contributed by atoms with E-state index in [0.717, 1.165) is 30.5 Å². The van der Waals surface area contributed by atoms with Crippen molar-refractivity contribution in [2.24, 2.45) is 5.92 Å². The van der Waals surface area contributed by atoms with Crippen LogP contribution in [0, 0.1) is 11.7 Å². The maximum Gasteiger partial charge on any atom is 0.435 e. The third-order valence-corrected chi connectivity index (χ3v) is 12.6. The number of carbonyl (C=O) groups is 1. The van der Waals surface area contributed by atoms with Crippen molar-refractivity contribution in [3.05, 3.63) is 65.5 Å². The van der Waals surface area contributed by atoms with Crippen molar-refractivity contribution >= 4 is 25.6 Å². The molecule has 2 aliphatic rings. The molecule has 43 heavy (non-hydrogen) atoms. The standard InChI is InChI=1S/C27H27F8NO5S2/c1-42(38,39)21-10-2-17(3-11-21)23(37)36-15-14-24(16-36,43(40,41)22-12-8-20(28)9-13-22)18-4-6-19(7-5-18)25(29,26(30,31)32)27(33,34)35/h4-9,12-13,17,21H,2-3,10-11,14-16H2,1H3. The number of likely N-dealkylation sites (tertiary alicyclic amines) is 1. The normalized spacial score (nSPS) is 24.3. The third kappa shape index (κ3) is 5.76. The number of halogens is 8. The lowest BCUT2D eigenvalue weighted by Gasteiger charge is -2.33. The molecule has 0 N–H and O–H groups in total. The molecule has 16 heteroatoms. The summed E-state index contributed by atoms with van der Waals surface area (Å²) >= 11 is 0. The van der Waals surface area contributed by atoms with E-state index in [2.05, 4.69) is 0 Å². The molecule has 1 atom stereocenters. The second-order valence-electron chi connectivity index (χ2n) is 11.0. The number of alkyl halides is 7. The minimum atomic E-state index is -6.38. The number of hydrogen-bond donors (Lipinski definition) is 0. The summed E-state index contributed by atoms with van der Waals surface area (Å²) in [6, 6.07) is 5.35. The Kier molecular flexibility index (Phi) is 8.48. The quantitative estimate of drug-likeness (QED) is 0.296. The fraction of sp³-hybridized carbons (Fsp3) is 0.519. The SMILES string of the molecule is CS(=O)(=O)C1CCC(C(=O)N2CCC(c3ccc(C(F)(C(F)(F)F)C(F)(F)F)cc3)(S(=O)(=O)c3ccc(F)cc3)C2)CC1. The first-order chi connectivity index (χ1) is 19.6. The number of rotatable bonds is 6. The molecule has 2 fully saturated rings. The fourth-order valence-electron chi connectivity index (χ4n) is 5.91. The van der Waals surface area contributed by atoms with Crippen LogP contribution in [0.2, 0.25) is 0 Å². The predicted octanol–water partition coefficient (Wildman–Crippen LogP) is 5.62. The Hall–Kier alpha value is -2.75. The predicted molar refractivity (Wildman–Crippen MR) is 138 cm³/mol. The molecule has 0 aromatic heterocycles. The molecular weight excluding hydrogens is 634 g/mol. The molecule has 2 aromatic carbocycles. The van der Waals surface area contributed by atoms with E-state index in [9.17, 15) is 56.8 Å². The topological polar surface area (TPSA) is 88.6 Å². The number of sulfone groups is 2. The zero-order valence-electron chi connectivity index (χ0n) is 22.6. The van der Waals surface area contributed by atoms with Gasteiger partial charge >= 0.3 is 18.0 Å². The first-order valence-electron chi connectivity index (χ1n) is 13.1. The zero-order valence-corrected chi connectivity index (χ0v) is 24.2. The van der Waals surface area contributed by atoms with Crippen LogP contribution in [0.1, 0.15) is 43.2 Å². The summed E-state index contributed by atoms with van der Waals surface area (Å²) in [6.45, 7) is -0.707. The molecule has 6 nitrogen and oxygen atoms in total. The summed E-state index contributed by atoms with van der Waals surface area (Å²) in [4.78, 5) is 14.2. The van der Waals surface area contributed by atoms with Crippen LogP contribution in [0.3, 0.4) is 0 Å². The molecule has 1 amide bonds. The Bertz CT molecular complexity index is 1550. The zero-order chi connectivity index (χ0) is 32.2. The maximum absolute atomic E-state index is 14.7. The average Bonchev–Trinajstić information content (AvgIpc) is 3.38. The molecule has 1 aliphatic carbocycles. The lowest BCUT2D eigenvalue weighted by atomic mass is 9.88. The van der Waals surface area contributed by atoms with Gasteiger partial charge in [-0.05, 0) is 61.9 Å². The van der Waals surface area contributed by atoms with E-state index in [-0.39, 0.29) is 56.3 Å². The first-order valence-corrected chi connectivity index (χ1v) is 16.5. The van der Waals surface area contributed by atoms with Crippen molar-refractivity contribution in [3.8, 4) is 0 Å². The van der Waals surface area contributed by atoms with Crippen LogP contribution in [-0.2, 0) is 34.9 Å². The van der Waals surface area contributed by atoms with Crippen molar-refractivity contribution < 1.29 is 56.8 Å². The van der Waals surface area contributed by atoms with E-state index in [1.54, 1.807) is 0 Å². The van der Waals surface area contributed by atoms with Gasteiger partial charge in [0.15, 0.2) is 9.84 Å². The lowest BCUT2D eigenvalue weighted by molar-refractivity contribution is -0.348. The van der Waals surface area contributed by atoms with Gasteiger partial charge in [-0.3, -0.25) is 4.79 Å². The number of amides is 1. The molecule has 1 saturated heterocycles. The maximum atomic E-state index is 14.7. The smallest absolute Gasteiger partial charge is 0.340 e. The fourth-order valence-corrected chi connectivity index (χ4v) is 9.11. The molecule has 1 heterocycles. The van der Waals surface area contributed by atoms with E-state index in [1.807, 2.05) is 0 Å². The highest BCUT2D eigenvalue weighted by Gasteiger charge is 2.73. The minimum absolute atomic E-state index is 0.162. The van der Waals surface area contributed by atoms with Gasteiger partial charge in [0, 0.05) is 30.8 Å². The summed E-state index contributed by atoms with van der Waals surface area (Å²) in [6.07, 6.45) is -11.1. The van der Waals surface area contributed by atoms with Crippen LogP contribution in [0.15, 0.2) is 53.4 Å². The van der Waals surface area contributed by atoms with Gasteiger partial charge in [0.25, 0.3) is 0 Å². The van der Waals surface area contributed by atoms with Crippen LogP contribution >= 0.6 is 0 Å². The largest absolute Gasteiger partial charge is 0.435 e. The Balaban J connectivity index is 1.74. The van der Waals surface area contributed by atoms with Crippen molar-refractivity contribution in [2.45, 2.75) is 65.0 Å². The number of carbonyl (C=O) groups excluding carboxylic acids is 1. The highest BCUT2D eigenvalue weighted by atomic mass is 32.2. The van der Waals surface area contributed by atoms with Crippen LogP contribution in [0.4, 0.5) is 35.1 Å². The molecular formula is C27H27F8NO5S2. The van der Waals surface area contributed by atoms with Gasteiger partial charge in [0.1, 0.15) is 20.4 Å². The summed E-state index contributed by atoms with van der Waals surface area (Å²) in [5.74, 6) is -1.88. The Morgan fingerprint density at radius 2 is 1.33 bits per heavy atom. The molecule has 238 valence electrons. The Morgan fingerprint density at radius 3 is 1.79 bits per heavy atom. The van der Waals surface area contributed by atoms with Gasteiger partial charge in [-0.15, -0.1) is 0 Å². The molecule has 0 bridgehead atoms. The van der Waals surface area contributed by atoms with Crippen molar-refractivity contribution in [1.29, 1.82) is 0 Å². The van der Waals surface area contributed by atoms with Gasteiger partial charge < -0.3 is 4.90 Å². The number of benzene rings is 2. The number of hydrogen-bond acceptors (Lipinski definition) is 5. The summed E-state index contributed by atoms with van der Waals surface area (Å²) in [7, 11) is -7.91. The molecule has 1 aliphatic heterocycles.